The van der Waals surface area contributed by atoms with Crippen molar-refractivity contribution in [2.75, 3.05) is 44.2 Å². The SMILES string of the molecule is Cc1cccc(OCCCNC(=O)N2CCN(c3ccc(C(F)(F)F)cc3[N+](=O)[O-])CC2)c1. The van der Waals surface area contributed by atoms with Crippen LogP contribution in [0.15, 0.2) is 42.5 Å². The van der Waals surface area contributed by atoms with Crippen molar-refractivity contribution in [3.63, 3.8) is 0 Å². The number of nitrogens with zero attached hydrogens (tertiary/aromatic N) is 3. The average Bonchev–Trinajstić information content (AvgIpc) is 2.78. The van der Waals surface area contributed by atoms with Crippen LogP contribution in [-0.4, -0.2) is 55.2 Å². The van der Waals surface area contributed by atoms with Crippen molar-refractivity contribution in [2.24, 2.45) is 0 Å². The zero-order valence-electron chi connectivity index (χ0n) is 18.1. The van der Waals surface area contributed by atoms with E-state index >= 15 is 0 Å². The van der Waals surface area contributed by atoms with Crippen molar-refractivity contribution in [3.8, 4) is 5.75 Å². The van der Waals surface area contributed by atoms with E-state index in [1.165, 1.54) is 0 Å². The van der Waals surface area contributed by atoms with Crippen molar-refractivity contribution in [1.82, 2.24) is 10.2 Å². The van der Waals surface area contributed by atoms with E-state index in [1.807, 2.05) is 31.2 Å². The number of nitro benzene ring substituents is 1. The molecule has 1 heterocycles. The molecule has 1 N–H and O–H groups in total. The Balaban J connectivity index is 1.46. The van der Waals surface area contributed by atoms with Crippen LogP contribution in [0.1, 0.15) is 17.5 Å². The number of hydrogen-bond acceptors (Lipinski definition) is 5. The summed E-state index contributed by atoms with van der Waals surface area (Å²) in [6.45, 7) is 3.99. The van der Waals surface area contributed by atoms with Crippen LogP contribution in [0.4, 0.5) is 29.3 Å². The summed E-state index contributed by atoms with van der Waals surface area (Å²) < 4.78 is 44.3. The number of alkyl halides is 3. The lowest BCUT2D eigenvalue weighted by Gasteiger charge is -2.35. The summed E-state index contributed by atoms with van der Waals surface area (Å²) >= 11 is 0. The molecule has 1 saturated heterocycles. The normalized spacial score (nSPS) is 14.2. The van der Waals surface area contributed by atoms with E-state index in [1.54, 1.807) is 9.80 Å². The molecule has 0 aromatic heterocycles. The quantitative estimate of drug-likeness (QED) is 0.375. The molecular formula is C22H25F3N4O4. The molecule has 0 bridgehead atoms. The largest absolute Gasteiger partial charge is 0.494 e. The van der Waals surface area contributed by atoms with Gasteiger partial charge < -0.3 is 19.9 Å². The molecule has 0 spiro atoms. The summed E-state index contributed by atoms with van der Waals surface area (Å²) in [7, 11) is 0. The second kappa shape index (κ2) is 10.4. The number of rotatable bonds is 7. The molecule has 2 aromatic rings. The average molecular weight is 466 g/mol. The third-order valence-corrected chi connectivity index (χ3v) is 5.26. The van der Waals surface area contributed by atoms with Gasteiger partial charge >= 0.3 is 12.2 Å². The molecule has 2 amide bonds. The summed E-state index contributed by atoms with van der Waals surface area (Å²) in [5.74, 6) is 0.773. The van der Waals surface area contributed by atoms with E-state index in [0.717, 1.165) is 23.4 Å². The molecule has 178 valence electrons. The highest BCUT2D eigenvalue weighted by Crippen LogP contribution is 2.36. The highest BCUT2D eigenvalue weighted by atomic mass is 19.4. The fourth-order valence-electron chi connectivity index (χ4n) is 3.54. The number of benzene rings is 2. The van der Waals surface area contributed by atoms with E-state index in [9.17, 15) is 28.1 Å². The van der Waals surface area contributed by atoms with Crippen molar-refractivity contribution >= 4 is 17.4 Å². The molecule has 33 heavy (non-hydrogen) atoms. The Morgan fingerprint density at radius 3 is 2.52 bits per heavy atom. The fourth-order valence-corrected chi connectivity index (χ4v) is 3.54. The first-order valence-corrected chi connectivity index (χ1v) is 10.5. The summed E-state index contributed by atoms with van der Waals surface area (Å²) in [6.07, 6.45) is -4.04. The van der Waals surface area contributed by atoms with Crippen LogP contribution in [0.2, 0.25) is 0 Å². The predicted molar refractivity (Wildman–Crippen MR) is 117 cm³/mol. The smallest absolute Gasteiger partial charge is 0.416 e. The van der Waals surface area contributed by atoms with E-state index < -0.39 is 22.4 Å². The van der Waals surface area contributed by atoms with Crippen molar-refractivity contribution in [3.05, 3.63) is 63.7 Å². The maximum Gasteiger partial charge on any atom is 0.416 e. The lowest BCUT2D eigenvalue weighted by Crippen LogP contribution is -2.52. The van der Waals surface area contributed by atoms with Crippen molar-refractivity contribution < 1.29 is 27.6 Å². The van der Waals surface area contributed by atoms with E-state index in [2.05, 4.69) is 5.32 Å². The zero-order chi connectivity index (χ0) is 24.0. The van der Waals surface area contributed by atoms with E-state index in [-0.39, 0.29) is 24.8 Å². The molecule has 0 saturated carbocycles. The standard InChI is InChI=1S/C22H25F3N4O4/c1-16-4-2-5-18(14-16)33-13-3-8-26-21(30)28-11-9-27(10-12-28)19-7-6-17(22(23,24)25)15-20(19)29(31)32/h2,4-7,14-15H,3,8-13H2,1H3,(H,26,30). The number of aryl methyl sites for hydroxylation is 1. The Morgan fingerprint density at radius 1 is 1.15 bits per heavy atom. The van der Waals surface area contributed by atoms with E-state index in [4.69, 9.17) is 4.74 Å². The zero-order valence-corrected chi connectivity index (χ0v) is 18.1. The van der Waals surface area contributed by atoms with Gasteiger partial charge in [-0.15, -0.1) is 0 Å². The molecule has 0 atom stereocenters. The summed E-state index contributed by atoms with van der Waals surface area (Å²) in [5.41, 5.74) is -0.457. The number of nitrogens with one attached hydrogen (secondary N) is 1. The van der Waals surface area contributed by atoms with Gasteiger partial charge in [0.1, 0.15) is 11.4 Å². The number of carbonyl (C=O) groups is 1. The van der Waals surface area contributed by atoms with Crippen LogP contribution in [-0.2, 0) is 6.18 Å². The number of amides is 2. The van der Waals surface area contributed by atoms with Gasteiger partial charge in [-0.05, 0) is 43.2 Å². The van der Waals surface area contributed by atoms with Crippen molar-refractivity contribution in [2.45, 2.75) is 19.5 Å². The lowest BCUT2D eigenvalue weighted by atomic mass is 10.1. The van der Waals surface area contributed by atoms with Crippen LogP contribution < -0.4 is 15.0 Å². The first kappa shape index (κ1) is 24.1. The van der Waals surface area contributed by atoms with Crippen LogP contribution in [0.25, 0.3) is 0 Å². The third-order valence-electron chi connectivity index (χ3n) is 5.26. The molecule has 0 aliphatic carbocycles. The Morgan fingerprint density at radius 2 is 1.88 bits per heavy atom. The molecule has 1 aliphatic rings. The summed E-state index contributed by atoms with van der Waals surface area (Å²) in [4.78, 5) is 26.1. The number of carbonyl (C=O) groups excluding carboxylic acids is 1. The summed E-state index contributed by atoms with van der Waals surface area (Å²) in [5, 5.41) is 14.1. The molecule has 0 unspecified atom stereocenters. The monoisotopic (exact) mass is 466 g/mol. The minimum absolute atomic E-state index is 0.112. The molecule has 11 heteroatoms. The van der Waals surface area contributed by atoms with Gasteiger partial charge in [0, 0.05) is 38.8 Å². The molecule has 8 nitrogen and oxygen atoms in total. The third kappa shape index (κ3) is 6.50. The van der Waals surface area contributed by atoms with Crippen molar-refractivity contribution in [1.29, 1.82) is 0 Å². The van der Waals surface area contributed by atoms with Crippen LogP contribution >= 0.6 is 0 Å². The lowest BCUT2D eigenvalue weighted by molar-refractivity contribution is -0.384. The Kier molecular flexibility index (Phi) is 7.62. The summed E-state index contributed by atoms with van der Waals surface area (Å²) in [6, 6.07) is 9.92. The van der Waals surface area contributed by atoms with Gasteiger partial charge in [-0.2, -0.15) is 13.2 Å². The van der Waals surface area contributed by atoms with Gasteiger partial charge in [0.25, 0.3) is 5.69 Å². The first-order chi connectivity index (χ1) is 15.6. The molecule has 2 aromatic carbocycles. The van der Waals surface area contributed by atoms with Gasteiger partial charge in [0.15, 0.2) is 0 Å². The Labute approximate surface area is 189 Å². The molecular weight excluding hydrogens is 441 g/mol. The van der Waals surface area contributed by atoms with Gasteiger partial charge in [-0.25, -0.2) is 4.79 Å². The van der Waals surface area contributed by atoms with Gasteiger partial charge in [-0.1, -0.05) is 12.1 Å². The first-order valence-electron chi connectivity index (χ1n) is 10.5. The number of halogens is 3. The van der Waals surface area contributed by atoms with Crippen LogP contribution in [0.3, 0.4) is 0 Å². The topological polar surface area (TPSA) is 88.0 Å². The maximum atomic E-state index is 12.9. The van der Waals surface area contributed by atoms with Crippen LogP contribution in [0.5, 0.6) is 5.75 Å². The minimum Gasteiger partial charge on any atom is -0.494 e. The number of urea groups is 1. The highest BCUT2D eigenvalue weighted by molar-refractivity contribution is 5.75. The second-order valence-corrected chi connectivity index (χ2v) is 7.68. The molecule has 1 fully saturated rings. The molecule has 0 radical (unpaired) electrons. The highest BCUT2D eigenvalue weighted by Gasteiger charge is 2.34. The number of piperazine rings is 1. The number of ether oxygens (including phenoxy) is 1. The fraction of sp³-hybridized carbons (Fsp3) is 0.409. The number of nitro groups is 1. The molecule has 1 aliphatic heterocycles. The number of anilines is 1. The maximum absolute atomic E-state index is 12.9. The Bertz CT molecular complexity index is 992. The van der Waals surface area contributed by atoms with E-state index in [0.29, 0.717) is 38.7 Å². The minimum atomic E-state index is -4.66. The van der Waals surface area contributed by atoms with Gasteiger partial charge in [-0.3, -0.25) is 10.1 Å². The molecule has 3 rings (SSSR count). The number of hydrogen-bond donors (Lipinski definition) is 1. The second-order valence-electron chi connectivity index (χ2n) is 7.68. The van der Waals surface area contributed by atoms with Gasteiger partial charge in [0.05, 0.1) is 17.1 Å². The van der Waals surface area contributed by atoms with Crippen LogP contribution in [0, 0.1) is 17.0 Å². The Hall–Kier alpha value is -3.50. The van der Waals surface area contributed by atoms with Gasteiger partial charge in [0.2, 0.25) is 0 Å². The predicted octanol–water partition coefficient (Wildman–Crippen LogP) is 4.22.